The predicted octanol–water partition coefficient (Wildman–Crippen LogP) is 2.32. The van der Waals surface area contributed by atoms with Crippen molar-refractivity contribution in [2.24, 2.45) is 0 Å². The van der Waals surface area contributed by atoms with E-state index in [9.17, 15) is 9.90 Å². The number of carboxylic acid groups (broad SMARTS) is 1. The van der Waals surface area contributed by atoms with Gasteiger partial charge in [-0.3, -0.25) is 4.90 Å². The van der Waals surface area contributed by atoms with E-state index in [4.69, 9.17) is 10.00 Å². The zero-order valence-corrected chi connectivity index (χ0v) is 12.1. The molecule has 1 saturated heterocycles. The van der Waals surface area contributed by atoms with Crippen LogP contribution in [0.4, 0.5) is 0 Å². The van der Waals surface area contributed by atoms with Gasteiger partial charge in [-0.25, -0.2) is 4.79 Å². The van der Waals surface area contributed by atoms with Crippen LogP contribution in [-0.4, -0.2) is 41.8 Å². The fourth-order valence-electron chi connectivity index (χ4n) is 2.58. The van der Waals surface area contributed by atoms with Gasteiger partial charge in [-0.1, -0.05) is 18.2 Å². The minimum atomic E-state index is -0.892. The number of carbonyl (C=O) groups is 1. The van der Waals surface area contributed by atoms with Crippen LogP contribution in [0, 0.1) is 11.3 Å². The maximum absolute atomic E-state index is 11.5. The highest BCUT2D eigenvalue weighted by molar-refractivity contribution is 7.21. The Morgan fingerprint density at radius 1 is 1.52 bits per heavy atom. The molecule has 1 aliphatic rings. The lowest BCUT2D eigenvalue weighted by Crippen LogP contribution is -2.41. The number of nitriles is 1. The number of nitrogens with zero attached hydrogens (tertiary/aromatic N) is 2. The standard InChI is InChI=1S/C15H14N2O3S/c16-7-10-8-17(5-6-20-10)9-12-11-3-1-2-4-13(11)21-14(12)15(18)19/h1-4,10H,5-6,8-9H2,(H,18,19). The van der Waals surface area contributed by atoms with Crippen molar-refractivity contribution in [3.8, 4) is 6.07 Å². The summed E-state index contributed by atoms with van der Waals surface area (Å²) in [4.78, 5) is 13.9. The first-order valence-electron chi connectivity index (χ1n) is 6.66. The molecule has 0 radical (unpaired) electrons. The first-order chi connectivity index (χ1) is 10.2. The van der Waals surface area contributed by atoms with Crippen LogP contribution in [0.15, 0.2) is 24.3 Å². The third-order valence-electron chi connectivity index (χ3n) is 3.57. The molecule has 1 aromatic heterocycles. The number of fused-ring (bicyclic) bond motifs is 1. The lowest BCUT2D eigenvalue weighted by Gasteiger charge is -2.29. The van der Waals surface area contributed by atoms with E-state index in [0.717, 1.165) is 15.6 Å². The Morgan fingerprint density at radius 3 is 3.10 bits per heavy atom. The largest absolute Gasteiger partial charge is 0.477 e. The zero-order chi connectivity index (χ0) is 14.8. The van der Waals surface area contributed by atoms with E-state index >= 15 is 0 Å². The second-order valence-corrected chi connectivity index (χ2v) is 5.99. The smallest absolute Gasteiger partial charge is 0.346 e. The highest BCUT2D eigenvalue weighted by Crippen LogP contribution is 2.32. The maximum Gasteiger partial charge on any atom is 0.346 e. The minimum absolute atomic E-state index is 0.385. The topological polar surface area (TPSA) is 73.6 Å². The van der Waals surface area contributed by atoms with Gasteiger partial charge in [0.2, 0.25) is 0 Å². The van der Waals surface area contributed by atoms with Crippen molar-refractivity contribution >= 4 is 27.4 Å². The molecule has 1 unspecified atom stereocenters. The van der Waals surface area contributed by atoms with E-state index in [2.05, 4.69) is 11.0 Å². The van der Waals surface area contributed by atoms with E-state index in [1.165, 1.54) is 11.3 Å². The fraction of sp³-hybridized carbons (Fsp3) is 0.333. The molecule has 0 aliphatic carbocycles. The number of carboxylic acids is 1. The quantitative estimate of drug-likeness (QED) is 0.942. The molecule has 5 nitrogen and oxygen atoms in total. The van der Waals surface area contributed by atoms with Gasteiger partial charge >= 0.3 is 5.97 Å². The average molecular weight is 302 g/mol. The summed E-state index contributed by atoms with van der Waals surface area (Å²) in [6, 6.07) is 9.83. The molecule has 108 valence electrons. The van der Waals surface area contributed by atoms with Crippen molar-refractivity contribution in [3.05, 3.63) is 34.7 Å². The number of morpholine rings is 1. The first-order valence-corrected chi connectivity index (χ1v) is 7.48. The number of aromatic carboxylic acids is 1. The van der Waals surface area contributed by atoms with Gasteiger partial charge in [-0.2, -0.15) is 5.26 Å². The molecule has 0 amide bonds. The zero-order valence-electron chi connectivity index (χ0n) is 11.3. The van der Waals surface area contributed by atoms with Crippen LogP contribution < -0.4 is 0 Å². The van der Waals surface area contributed by atoms with Crippen molar-refractivity contribution in [1.29, 1.82) is 5.26 Å². The molecular formula is C15H14N2O3S. The number of hydrogen-bond donors (Lipinski definition) is 1. The summed E-state index contributed by atoms with van der Waals surface area (Å²) < 4.78 is 6.31. The normalized spacial score (nSPS) is 19.5. The monoisotopic (exact) mass is 302 g/mol. The highest BCUT2D eigenvalue weighted by Gasteiger charge is 2.24. The molecule has 21 heavy (non-hydrogen) atoms. The lowest BCUT2D eigenvalue weighted by molar-refractivity contribution is -0.00260. The van der Waals surface area contributed by atoms with E-state index in [-0.39, 0.29) is 0 Å². The first kappa shape index (κ1) is 14.0. The summed E-state index contributed by atoms with van der Waals surface area (Å²) in [6.45, 7) is 2.26. The summed E-state index contributed by atoms with van der Waals surface area (Å²) >= 11 is 1.30. The number of thiophene rings is 1. The van der Waals surface area contributed by atoms with Crippen LogP contribution in [0.25, 0.3) is 10.1 Å². The molecule has 2 aromatic rings. The third kappa shape index (κ3) is 2.76. The fourth-order valence-corrected chi connectivity index (χ4v) is 3.63. The Hall–Kier alpha value is -1.94. The van der Waals surface area contributed by atoms with Gasteiger partial charge < -0.3 is 9.84 Å². The van der Waals surface area contributed by atoms with E-state index < -0.39 is 12.1 Å². The Morgan fingerprint density at radius 2 is 2.33 bits per heavy atom. The molecule has 1 aromatic carbocycles. The van der Waals surface area contributed by atoms with E-state index in [0.29, 0.717) is 31.1 Å². The van der Waals surface area contributed by atoms with Crippen LogP contribution in [0.5, 0.6) is 0 Å². The molecule has 6 heteroatoms. The average Bonchev–Trinajstić information content (AvgIpc) is 2.87. The van der Waals surface area contributed by atoms with E-state index in [1.54, 1.807) is 0 Å². The Balaban J connectivity index is 1.94. The van der Waals surface area contributed by atoms with Gasteiger partial charge in [0, 0.05) is 24.3 Å². The van der Waals surface area contributed by atoms with Crippen molar-refractivity contribution in [3.63, 3.8) is 0 Å². The van der Waals surface area contributed by atoms with Crippen molar-refractivity contribution in [2.45, 2.75) is 12.6 Å². The number of ether oxygens (including phenoxy) is 1. The second-order valence-electron chi connectivity index (χ2n) is 4.93. The Labute approximate surface area is 126 Å². The summed E-state index contributed by atoms with van der Waals surface area (Å²) in [5, 5.41) is 19.4. The van der Waals surface area contributed by atoms with Gasteiger partial charge in [0.15, 0.2) is 6.10 Å². The van der Waals surface area contributed by atoms with Crippen LogP contribution in [0.1, 0.15) is 15.2 Å². The van der Waals surface area contributed by atoms with Gasteiger partial charge in [0.05, 0.1) is 12.7 Å². The molecule has 1 aliphatic heterocycles. The van der Waals surface area contributed by atoms with Crippen LogP contribution in [-0.2, 0) is 11.3 Å². The molecule has 1 N–H and O–H groups in total. The second kappa shape index (κ2) is 5.82. The molecule has 0 saturated carbocycles. The summed E-state index contributed by atoms with van der Waals surface area (Å²) in [6.07, 6.45) is -0.433. The Bertz CT molecular complexity index is 719. The van der Waals surface area contributed by atoms with Crippen molar-refractivity contribution in [2.75, 3.05) is 19.7 Å². The van der Waals surface area contributed by atoms with Gasteiger partial charge in [-0.15, -0.1) is 11.3 Å². The minimum Gasteiger partial charge on any atom is -0.477 e. The number of rotatable bonds is 3. The van der Waals surface area contributed by atoms with E-state index in [1.807, 2.05) is 24.3 Å². The third-order valence-corrected chi connectivity index (χ3v) is 4.77. The Kier molecular flexibility index (Phi) is 3.88. The highest BCUT2D eigenvalue weighted by atomic mass is 32.1. The summed E-state index contributed by atoms with van der Waals surface area (Å²) in [5.41, 5.74) is 0.835. The van der Waals surface area contributed by atoms with Gasteiger partial charge in [-0.05, 0) is 17.0 Å². The molecule has 0 bridgehead atoms. The summed E-state index contributed by atoms with van der Waals surface area (Å²) in [5.74, 6) is -0.892. The van der Waals surface area contributed by atoms with Gasteiger partial charge in [0.1, 0.15) is 4.88 Å². The van der Waals surface area contributed by atoms with Crippen LogP contribution in [0.2, 0.25) is 0 Å². The van der Waals surface area contributed by atoms with Crippen LogP contribution in [0.3, 0.4) is 0 Å². The SMILES string of the molecule is N#CC1CN(Cc2c(C(=O)O)sc3ccccc23)CCO1. The molecule has 2 heterocycles. The van der Waals surface area contributed by atoms with Crippen molar-refractivity contribution in [1.82, 2.24) is 4.90 Å². The van der Waals surface area contributed by atoms with Crippen molar-refractivity contribution < 1.29 is 14.6 Å². The van der Waals surface area contributed by atoms with Crippen LogP contribution >= 0.6 is 11.3 Å². The number of hydrogen-bond acceptors (Lipinski definition) is 5. The lowest BCUT2D eigenvalue weighted by atomic mass is 10.1. The van der Waals surface area contributed by atoms with Gasteiger partial charge in [0.25, 0.3) is 0 Å². The molecule has 3 rings (SSSR count). The maximum atomic E-state index is 11.5. The molecular weight excluding hydrogens is 288 g/mol. The molecule has 1 fully saturated rings. The molecule has 0 spiro atoms. The molecule has 1 atom stereocenters. The number of benzene rings is 1. The predicted molar refractivity (Wildman–Crippen MR) is 79.4 cm³/mol. The summed E-state index contributed by atoms with van der Waals surface area (Å²) in [7, 11) is 0.